The zero-order valence-electron chi connectivity index (χ0n) is 9.40. The highest BCUT2D eigenvalue weighted by atomic mass is 32.1. The van der Waals surface area contributed by atoms with Gasteiger partial charge in [-0.2, -0.15) is 0 Å². The van der Waals surface area contributed by atoms with Gasteiger partial charge in [0.25, 0.3) is 0 Å². The SMILES string of the molecule is Cc1ncsc1C(N)C(=O)OC(C)(C)C. The van der Waals surface area contributed by atoms with Gasteiger partial charge in [-0.25, -0.2) is 9.78 Å². The minimum Gasteiger partial charge on any atom is -0.459 e. The van der Waals surface area contributed by atoms with Crippen LogP contribution in [0.1, 0.15) is 37.4 Å². The number of aryl methyl sites for hydroxylation is 1. The Morgan fingerprint density at radius 1 is 1.60 bits per heavy atom. The van der Waals surface area contributed by atoms with Crippen LogP contribution in [0.15, 0.2) is 5.51 Å². The van der Waals surface area contributed by atoms with Crippen LogP contribution in [0, 0.1) is 6.92 Å². The number of hydrogen-bond donors (Lipinski definition) is 1. The number of carbonyl (C=O) groups excluding carboxylic acids is 1. The summed E-state index contributed by atoms with van der Waals surface area (Å²) in [7, 11) is 0. The number of carbonyl (C=O) groups is 1. The smallest absolute Gasteiger partial charge is 0.328 e. The fourth-order valence-electron chi connectivity index (χ4n) is 1.08. The Morgan fingerprint density at radius 2 is 2.20 bits per heavy atom. The lowest BCUT2D eigenvalue weighted by Gasteiger charge is -2.21. The highest BCUT2D eigenvalue weighted by molar-refractivity contribution is 7.10. The second-order valence-corrected chi connectivity index (χ2v) is 5.20. The van der Waals surface area contributed by atoms with Crippen LogP contribution in [0.3, 0.4) is 0 Å². The van der Waals surface area contributed by atoms with E-state index in [-0.39, 0.29) is 0 Å². The van der Waals surface area contributed by atoms with Crippen LogP contribution in [0.4, 0.5) is 0 Å². The predicted octanol–water partition coefficient (Wildman–Crippen LogP) is 1.79. The summed E-state index contributed by atoms with van der Waals surface area (Å²) in [6, 6.07) is -0.725. The van der Waals surface area contributed by atoms with Crippen molar-refractivity contribution in [3.05, 3.63) is 16.1 Å². The summed E-state index contributed by atoms with van der Waals surface area (Å²) in [5.41, 5.74) is 7.75. The van der Waals surface area contributed by atoms with Crippen LogP contribution in [-0.2, 0) is 9.53 Å². The van der Waals surface area contributed by atoms with Gasteiger partial charge >= 0.3 is 5.97 Å². The van der Waals surface area contributed by atoms with E-state index in [1.165, 1.54) is 11.3 Å². The lowest BCUT2D eigenvalue weighted by Crippen LogP contribution is -2.31. The fourth-order valence-corrected chi connectivity index (χ4v) is 1.87. The summed E-state index contributed by atoms with van der Waals surface area (Å²) < 4.78 is 5.19. The van der Waals surface area contributed by atoms with Crippen molar-refractivity contribution >= 4 is 17.3 Å². The van der Waals surface area contributed by atoms with Crippen molar-refractivity contribution in [1.82, 2.24) is 4.98 Å². The van der Waals surface area contributed by atoms with Gasteiger partial charge in [0.1, 0.15) is 11.6 Å². The van der Waals surface area contributed by atoms with Crippen molar-refractivity contribution in [2.75, 3.05) is 0 Å². The first-order valence-corrected chi connectivity index (χ1v) is 5.57. The highest BCUT2D eigenvalue weighted by Gasteiger charge is 2.25. The lowest BCUT2D eigenvalue weighted by atomic mass is 10.1. The van der Waals surface area contributed by atoms with Gasteiger partial charge in [-0.05, 0) is 27.7 Å². The van der Waals surface area contributed by atoms with Gasteiger partial charge in [0.05, 0.1) is 16.1 Å². The van der Waals surface area contributed by atoms with Crippen LogP contribution in [0.2, 0.25) is 0 Å². The van der Waals surface area contributed by atoms with E-state index in [1.807, 2.05) is 27.7 Å². The van der Waals surface area contributed by atoms with Crippen molar-refractivity contribution in [1.29, 1.82) is 0 Å². The molecular weight excluding hydrogens is 212 g/mol. The van der Waals surface area contributed by atoms with Gasteiger partial charge in [0.2, 0.25) is 0 Å². The second-order valence-electron chi connectivity index (χ2n) is 4.31. The van der Waals surface area contributed by atoms with Crippen molar-refractivity contribution in [3.63, 3.8) is 0 Å². The molecule has 1 atom stereocenters. The Bertz CT molecular complexity index is 355. The molecule has 4 nitrogen and oxygen atoms in total. The summed E-state index contributed by atoms with van der Waals surface area (Å²) in [6.07, 6.45) is 0. The number of rotatable bonds is 2. The molecule has 0 aliphatic rings. The zero-order chi connectivity index (χ0) is 11.6. The van der Waals surface area contributed by atoms with E-state index in [4.69, 9.17) is 10.5 Å². The molecule has 1 unspecified atom stereocenters. The van der Waals surface area contributed by atoms with Gasteiger partial charge in [0, 0.05) is 0 Å². The number of nitrogens with zero attached hydrogens (tertiary/aromatic N) is 1. The molecule has 0 amide bonds. The Morgan fingerprint density at radius 3 is 2.60 bits per heavy atom. The minimum atomic E-state index is -0.725. The maximum absolute atomic E-state index is 11.6. The molecule has 0 radical (unpaired) electrons. The molecule has 15 heavy (non-hydrogen) atoms. The van der Waals surface area contributed by atoms with Crippen molar-refractivity contribution < 1.29 is 9.53 Å². The molecule has 0 aromatic carbocycles. The van der Waals surface area contributed by atoms with E-state index in [0.29, 0.717) is 0 Å². The van der Waals surface area contributed by atoms with Crippen LogP contribution in [0.25, 0.3) is 0 Å². The summed E-state index contributed by atoms with van der Waals surface area (Å²) in [5, 5.41) is 0. The molecule has 0 saturated carbocycles. The molecule has 84 valence electrons. The molecule has 0 aliphatic carbocycles. The Hall–Kier alpha value is -0.940. The first-order chi connectivity index (χ1) is 6.81. The average Bonchev–Trinajstić information content (AvgIpc) is 2.47. The standard InChI is InChI=1S/C10H16N2O2S/c1-6-8(15-5-12-6)7(11)9(13)14-10(2,3)4/h5,7H,11H2,1-4H3. The Balaban J connectivity index is 2.74. The van der Waals surface area contributed by atoms with E-state index in [2.05, 4.69) is 4.98 Å². The molecule has 0 aliphatic heterocycles. The van der Waals surface area contributed by atoms with Gasteiger partial charge in [-0.1, -0.05) is 0 Å². The molecule has 0 spiro atoms. The molecule has 0 fully saturated rings. The van der Waals surface area contributed by atoms with Crippen molar-refractivity contribution in [3.8, 4) is 0 Å². The monoisotopic (exact) mass is 228 g/mol. The molecule has 1 aromatic rings. The first kappa shape index (κ1) is 12.1. The maximum atomic E-state index is 11.6. The number of aromatic nitrogens is 1. The van der Waals surface area contributed by atoms with Crippen molar-refractivity contribution in [2.45, 2.75) is 39.3 Å². The van der Waals surface area contributed by atoms with Crippen LogP contribution < -0.4 is 5.73 Å². The third kappa shape index (κ3) is 3.28. The Kier molecular flexibility index (Phi) is 3.46. The van der Waals surface area contributed by atoms with Gasteiger partial charge in [-0.15, -0.1) is 11.3 Å². The number of hydrogen-bond acceptors (Lipinski definition) is 5. The van der Waals surface area contributed by atoms with Crippen molar-refractivity contribution in [2.24, 2.45) is 5.73 Å². The van der Waals surface area contributed by atoms with E-state index in [1.54, 1.807) is 5.51 Å². The lowest BCUT2D eigenvalue weighted by molar-refractivity contribution is -0.156. The quantitative estimate of drug-likeness (QED) is 0.784. The summed E-state index contributed by atoms with van der Waals surface area (Å²) in [6.45, 7) is 7.28. The summed E-state index contributed by atoms with van der Waals surface area (Å²) >= 11 is 1.38. The molecular formula is C10H16N2O2S. The second kappa shape index (κ2) is 4.28. The van der Waals surface area contributed by atoms with E-state index in [0.717, 1.165) is 10.6 Å². The van der Waals surface area contributed by atoms with Gasteiger partial charge in [0.15, 0.2) is 0 Å². The number of nitrogens with two attached hydrogens (primary N) is 1. The third-order valence-corrected chi connectivity index (χ3v) is 2.74. The molecule has 1 aromatic heterocycles. The number of esters is 1. The first-order valence-electron chi connectivity index (χ1n) is 4.69. The predicted molar refractivity (Wildman–Crippen MR) is 59.6 cm³/mol. The molecule has 1 heterocycles. The third-order valence-electron chi connectivity index (χ3n) is 1.73. The van der Waals surface area contributed by atoms with E-state index >= 15 is 0 Å². The van der Waals surface area contributed by atoms with E-state index in [9.17, 15) is 4.79 Å². The number of ether oxygens (including phenoxy) is 1. The molecule has 0 bridgehead atoms. The topological polar surface area (TPSA) is 65.2 Å². The Labute approximate surface area is 93.5 Å². The summed E-state index contributed by atoms with van der Waals surface area (Å²) in [4.78, 5) is 16.5. The van der Waals surface area contributed by atoms with Crippen LogP contribution in [-0.4, -0.2) is 16.6 Å². The minimum absolute atomic E-state index is 0.408. The molecule has 1 rings (SSSR count). The van der Waals surface area contributed by atoms with Gasteiger partial charge < -0.3 is 10.5 Å². The zero-order valence-corrected chi connectivity index (χ0v) is 10.2. The number of thiazole rings is 1. The fraction of sp³-hybridized carbons (Fsp3) is 0.600. The molecule has 2 N–H and O–H groups in total. The van der Waals surface area contributed by atoms with Crippen LogP contribution in [0.5, 0.6) is 0 Å². The van der Waals surface area contributed by atoms with Crippen LogP contribution >= 0.6 is 11.3 Å². The molecule has 5 heteroatoms. The van der Waals surface area contributed by atoms with E-state index < -0.39 is 17.6 Å². The largest absolute Gasteiger partial charge is 0.459 e. The average molecular weight is 228 g/mol. The van der Waals surface area contributed by atoms with Gasteiger partial charge in [-0.3, -0.25) is 0 Å². The normalized spacial score (nSPS) is 13.7. The molecule has 0 saturated heterocycles. The summed E-state index contributed by atoms with van der Waals surface area (Å²) in [5.74, 6) is -0.408. The highest BCUT2D eigenvalue weighted by Crippen LogP contribution is 2.22. The maximum Gasteiger partial charge on any atom is 0.328 e.